The van der Waals surface area contributed by atoms with Crippen molar-refractivity contribution in [1.29, 1.82) is 0 Å². The highest BCUT2D eigenvalue weighted by molar-refractivity contribution is 14.0. The number of aliphatic imine (C=N–C) groups is 1. The predicted molar refractivity (Wildman–Crippen MR) is 122 cm³/mol. The van der Waals surface area contributed by atoms with Crippen molar-refractivity contribution in [2.24, 2.45) is 10.9 Å². The second-order valence-corrected chi connectivity index (χ2v) is 7.12. The van der Waals surface area contributed by atoms with E-state index in [4.69, 9.17) is 4.99 Å². The summed E-state index contributed by atoms with van der Waals surface area (Å²) in [4.78, 5) is 8.74. The van der Waals surface area contributed by atoms with E-state index in [1.165, 1.54) is 17.5 Å². The molecule has 7 heteroatoms. The van der Waals surface area contributed by atoms with Gasteiger partial charge in [-0.1, -0.05) is 38.1 Å². The number of hydrogen-bond acceptors (Lipinski definition) is 3. The largest absolute Gasteiger partial charge is 0.357 e. The fourth-order valence-corrected chi connectivity index (χ4v) is 2.71. The van der Waals surface area contributed by atoms with Crippen LogP contribution in [0.1, 0.15) is 51.7 Å². The molecule has 1 heterocycles. The molecular formula is C20H33IN6. The minimum Gasteiger partial charge on any atom is -0.357 e. The van der Waals surface area contributed by atoms with Gasteiger partial charge in [-0.25, -0.2) is 14.7 Å². The second kappa shape index (κ2) is 12.7. The van der Waals surface area contributed by atoms with Crippen molar-refractivity contribution in [3.05, 3.63) is 48.0 Å². The van der Waals surface area contributed by atoms with Crippen LogP contribution in [0.4, 0.5) is 0 Å². The highest BCUT2D eigenvalue weighted by atomic mass is 127. The Morgan fingerprint density at radius 3 is 2.63 bits per heavy atom. The molecule has 1 aromatic heterocycles. The van der Waals surface area contributed by atoms with Gasteiger partial charge in [-0.2, -0.15) is 5.10 Å². The zero-order chi connectivity index (χ0) is 18.8. The molecule has 1 unspecified atom stereocenters. The van der Waals surface area contributed by atoms with Crippen LogP contribution in [0.3, 0.4) is 0 Å². The Morgan fingerprint density at radius 2 is 1.96 bits per heavy atom. The van der Waals surface area contributed by atoms with Crippen LogP contribution in [0, 0.1) is 5.92 Å². The van der Waals surface area contributed by atoms with Gasteiger partial charge in [0.1, 0.15) is 12.7 Å². The minimum atomic E-state index is 0. The van der Waals surface area contributed by atoms with E-state index in [0.29, 0.717) is 12.6 Å². The topological polar surface area (TPSA) is 67.1 Å². The van der Waals surface area contributed by atoms with Crippen LogP contribution in [0.2, 0.25) is 0 Å². The summed E-state index contributed by atoms with van der Waals surface area (Å²) in [5, 5.41) is 11.0. The van der Waals surface area contributed by atoms with Gasteiger partial charge in [0.05, 0.1) is 13.1 Å². The Bertz CT molecular complexity index is 669. The van der Waals surface area contributed by atoms with E-state index < -0.39 is 0 Å². The summed E-state index contributed by atoms with van der Waals surface area (Å²) in [7, 11) is 0. The molecule has 2 rings (SSSR count). The highest BCUT2D eigenvalue weighted by Crippen LogP contribution is 2.09. The molecule has 0 saturated heterocycles. The smallest absolute Gasteiger partial charge is 0.191 e. The number of guanidine groups is 1. The maximum Gasteiger partial charge on any atom is 0.191 e. The summed E-state index contributed by atoms with van der Waals surface area (Å²) in [6, 6.07) is 8.88. The standard InChI is InChI=1S/C20H32N6.HI/c1-5-22-20(25-17(4)10-9-16(2)3)23-12-18-7-6-8-19(11-18)13-26-15-21-14-24-26;/h6-8,11,14-17H,5,9-10,12-13H2,1-4H3,(H2,22,23,25);1H. The lowest BCUT2D eigenvalue weighted by Gasteiger charge is -2.18. The lowest BCUT2D eigenvalue weighted by molar-refractivity contribution is 0.489. The first-order chi connectivity index (χ1) is 12.6. The van der Waals surface area contributed by atoms with Crippen LogP contribution in [-0.2, 0) is 13.1 Å². The highest BCUT2D eigenvalue weighted by Gasteiger charge is 2.06. The van der Waals surface area contributed by atoms with Crippen molar-refractivity contribution < 1.29 is 0 Å². The molecule has 0 radical (unpaired) electrons. The molecule has 0 saturated carbocycles. The fourth-order valence-electron chi connectivity index (χ4n) is 2.71. The van der Waals surface area contributed by atoms with Crippen LogP contribution in [0.5, 0.6) is 0 Å². The normalized spacial score (nSPS) is 12.6. The maximum absolute atomic E-state index is 4.75. The van der Waals surface area contributed by atoms with Crippen molar-refractivity contribution in [1.82, 2.24) is 25.4 Å². The molecule has 2 aromatic rings. The maximum atomic E-state index is 4.75. The third-order valence-electron chi connectivity index (χ3n) is 4.13. The van der Waals surface area contributed by atoms with Crippen molar-refractivity contribution in [3.8, 4) is 0 Å². The summed E-state index contributed by atoms with van der Waals surface area (Å²) >= 11 is 0. The van der Waals surface area contributed by atoms with E-state index >= 15 is 0 Å². The predicted octanol–water partition coefficient (Wildman–Crippen LogP) is 3.82. The van der Waals surface area contributed by atoms with E-state index in [0.717, 1.165) is 31.4 Å². The Hall–Kier alpha value is -1.64. The molecule has 6 nitrogen and oxygen atoms in total. The summed E-state index contributed by atoms with van der Waals surface area (Å²) < 4.78 is 1.82. The monoisotopic (exact) mass is 484 g/mol. The number of hydrogen-bond donors (Lipinski definition) is 2. The molecule has 0 bridgehead atoms. The number of rotatable bonds is 9. The molecule has 1 aromatic carbocycles. The minimum absolute atomic E-state index is 0. The van der Waals surface area contributed by atoms with Gasteiger partial charge >= 0.3 is 0 Å². The number of nitrogens with zero attached hydrogens (tertiary/aromatic N) is 4. The third kappa shape index (κ3) is 9.21. The number of benzene rings is 1. The van der Waals surface area contributed by atoms with E-state index in [1.807, 2.05) is 4.68 Å². The summed E-state index contributed by atoms with van der Waals surface area (Å²) in [5.74, 6) is 1.61. The van der Waals surface area contributed by atoms with Gasteiger partial charge in [-0.3, -0.25) is 0 Å². The summed E-state index contributed by atoms with van der Waals surface area (Å²) in [6.45, 7) is 11.1. The molecule has 2 N–H and O–H groups in total. The van der Waals surface area contributed by atoms with Gasteiger partial charge < -0.3 is 10.6 Å². The number of halogens is 1. The first-order valence-electron chi connectivity index (χ1n) is 9.52. The molecule has 0 amide bonds. The van der Waals surface area contributed by atoms with E-state index in [1.54, 1.807) is 12.7 Å². The van der Waals surface area contributed by atoms with Crippen molar-refractivity contribution in [2.75, 3.05) is 6.54 Å². The molecule has 0 aliphatic heterocycles. The van der Waals surface area contributed by atoms with Gasteiger partial charge in [0.25, 0.3) is 0 Å². The van der Waals surface area contributed by atoms with Crippen molar-refractivity contribution >= 4 is 29.9 Å². The van der Waals surface area contributed by atoms with Gasteiger partial charge in [0.15, 0.2) is 5.96 Å². The molecular weight excluding hydrogens is 451 g/mol. The van der Waals surface area contributed by atoms with Crippen LogP contribution in [0.25, 0.3) is 0 Å². The number of nitrogens with one attached hydrogen (secondary N) is 2. The van der Waals surface area contributed by atoms with Crippen LogP contribution in [-0.4, -0.2) is 33.3 Å². The zero-order valence-corrected chi connectivity index (χ0v) is 19.2. The lowest BCUT2D eigenvalue weighted by atomic mass is 10.0. The SMILES string of the molecule is CCNC(=NCc1cccc(Cn2cncn2)c1)NC(C)CCC(C)C.I. The van der Waals surface area contributed by atoms with Gasteiger partial charge in [-0.05, 0) is 43.7 Å². The van der Waals surface area contributed by atoms with Crippen molar-refractivity contribution in [3.63, 3.8) is 0 Å². The summed E-state index contributed by atoms with van der Waals surface area (Å²) in [5.41, 5.74) is 2.39. The molecule has 0 aliphatic carbocycles. The first-order valence-corrected chi connectivity index (χ1v) is 9.52. The molecule has 1 atom stereocenters. The van der Waals surface area contributed by atoms with E-state index in [-0.39, 0.29) is 24.0 Å². The van der Waals surface area contributed by atoms with Crippen molar-refractivity contribution in [2.45, 2.75) is 59.7 Å². The van der Waals surface area contributed by atoms with Gasteiger partial charge in [0.2, 0.25) is 0 Å². The van der Waals surface area contributed by atoms with Crippen LogP contribution in [0.15, 0.2) is 41.9 Å². The first kappa shape index (κ1) is 23.4. The Kier molecular flexibility index (Phi) is 11.0. The Labute approximate surface area is 180 Å². The van der Waals surface area contributed by atoms with Crippen LogP contribution < -0.4 is 10.6 Å². The molecule has 27 heavy (non-hydrogen) atoms. The average molecular weight is 484 g/mol. The molecule has 0 spiro atoms. The number of aromatic nitrogens is 3. The Balaban J connectivity index is 0.00000364. The third-order valence-corrected chi connectivity index (χ3v) is 4.13. The van der Waals surface area contributed by atoms with Gasteiger partial charge in [-0.15, -0.1) is 24.0 Å². The van der Waals surface area contributed by atoms with E-state index in [9.17, 15) is 0 Å². The van der Waals surface area contributed by atoms with Gasteiger partial charge in [0, 0.05) is 12.6 Å². The lowest BCUT2D eigenvalue weighted by Crippen LogP contribution is -2.42. The molecule has 150 valence electrons. The van der Waals surface area contributed by atoms with Crippen LogP contribution >= 0.6 is 24.0 Å². The molecule has 0 fully saturated rings. The zero-order valence-electron chi connectivity index (χ0n) is 16.9. The quantitative estimate of drug-likeness (QED) is 0.323. The molecule has 0 aliphatic rings. The summed E-state index contributed by atoms with van der Waals surface area (Å²) in [6.07, 6.45) is 5.66. The fraction of sp³-hybridized carbons (Fsp3) is 0.550. The Morgan fingerprint density at radius 1 is 1.19 bits per heavy atom. The average Bonchev–Trinajstić information content (AvgIpc) is 3.11. The second-order valence-electron chi connectivity index (χ2n) is 7.12. The van der Waals surface area contributed by atoms with E-state index in [2.05, 4.69) is 72.7 Å².